The number of nitrogens with one attached hydrogen (secondary N) is 1. The van der Waals surface area contributed by atoms with Gasteiger partial charge in [-0.05, 0) is 12.1 Å². The quantitative estimate of drug-likeness (QED) is 0.789. The molecule has 17 heavy (non-hydrogen) atoms. The first-order valence-electron chi connectivity index (χ1n) is 4.29. The average Bonchev–Trinajstić information content (AvgIpc) is 2.34. The summed E-state index contributed by atoms with van der Waals surface area (Å²) >= 11 is 0. The van der Waals surface area contributed by atoms with Crippen LogP contribution in [0.25, 0.3) is 0 Å². The molecule has 1 rings (SSSR count). The van der Waals surface area contributed by atoms with E-state index in [1.807, 2.05) is 0 Å². The van der Waals surface area contributed by atoms with E-state index in [0.29, 0.717) is 0 Å². The highest BCUT2D eigenvalue weighted by molar-refractivity contribution is 5.58. The molecule has 0 unspecified atom stereocenters. The minimum Gasteiger partial charge on any atom is -0.343 e. The lowest BCUT2D eigenvalue weighted by atomic mass is 10.2. The topological polar surface area (TPSA) is 83.4 Å². The second-order valence-electron chi connectivity index (χ2n) is 2.81. The van der Waals surface area contributed by atoms with Gasteiger partial charge in [-0.3, -0.25) is 0 Å². The summed E-state index contributed by atoms with van der Waals surface area (Å²) in [5.74, 6) is -2.28. The number of benzene rings is 1. The molecule has 0 saturated heterocycles. The molecule has 0 aromatic heterocycles. The van der Waals surface area contributed by atoms with Crippen molar-refractivity contribution in [3.8, 4) is 18.2 Å². The number of halogens is 2. The van der Waals surface area contributed by atoms with Crippen LogP contribution in [0.15, 0.2) is 29.5 Å². The van der Waals surface area contributed by atoms with Crippen molar-refractivity contribution in [3.05, 3.63) is 41.1 Å². The van der Waals surface area contributed by atoms with Crippen LogP contribution in [0.1, 0.15) is 0 Å². The fourth-order valence-corrected chi connectivity index (χ4v) is 1.02. The van der Waals surface area contributed by atoms with E-state index in [9.17, 15) is 8.78 Å². The van der Waals surface area contributed by atoms with Gasteiger partial charge in [0.25, 0.3) is 0 Å². The SMILES string of the molecule is N#CC(C#N)=C(C#N)Nc1cccc(F)c1F. The van der Waals surface area contributed by atoms with Gasteiger partial charge in [-0.2, -0.15) is 15.8 Å². The highest BCUT2D eigenvalue weighted by atomic mass is 19.2. The van der Waals surface area contributed by atoms with Crippen molar-refractivity contribution < 1.29 is 8.78 Å². The molecule has 1 N–H and O–H groups in total. The largest absolute Gasteiger partial charge is 0.343 e. The summed E-state index contributed by atoms with van der Waals surface area (Å²) in [6.45, 7) is 0. The van der Waals surface area contributed by atoms with Crippen molar-refractivity contribution >= 4 is 5.69 Å². The Hall–Kier alpha value is -2.91. The molecular weight excluding hydrogens is 226 g/mol. The molecule has 6 heteroatoms. The zero-order valence-electron chi connectivity index (χ0n) is 8.33. The lowest BCUT2D eigenvalue weighted by Gasteiger charge is -2.05. The number of hydrogen-bond donors (Lipinski definition) is 1. The maximum atomic E-state index is 13.2. The molecule has 1 aromatic rings. The number of nitrogens with zero attached hydrogens (tertiary/aromatic N) is 3. The van der Waals surface area contributed by atoms with E-state index >= 15 is 0 Å². The molecule has 0 atom stereocenters. The first-order valence-corrected chi connectivity index (χ1v) is 4.29. The standard InChI is InChI=1S/C11H4F2N4/c12-8-2-1-3-9(11(8)13)17-10(6-16)7(4-14)5-15/h1-3,17H. The molecule has 1 aromatic carbocycles. The Morgan fingerprint density at radius 1 is 1.06 bits per heavy atom. The van der Waals surface area contributed by atoms with Crippen molar-refractivity contribution in [2.45, 2.75) is 0 Å². The van der Waals surface area contributed by atoms with Crippen LogP contribution >= 0.6 is 0 Å². The molecule has 4 nitrogen and oxygen atoms in total. The lowest BCUT2D eigenvalue weighted by Crippen LogP contribution is -2.03. The van der Waals surface area contributed by atoms with E-state index in [2.05, 4.69) is 5.32 Å². The van der Waals surface area contributed by atoms with Crippen LogP contribution in [0, 0.1) is 45.6 Å². The normalized spacial score (nSPS) is 8.41. The Morgan fingerprint density at radius 2 is 1.71 bits per heavy atom. The number of hydrogen-bond acceptors (Lipinski definition) is 4. The van der Waals surface area contributed by atoms with Crippen molar-refractivity contribution in [1.29, 1.82) is 15.8 Å². The van der Waals surface area contributed by atoms with Crippen LogP contribution in [-0.2, 0) is 0 Å². The Balaban J connectivity index is 3.21. The summed E-state index contributed by atoms with van der Waals surface area (Å²) in [6, 6.07) is 7.80. The van der Waals surface area contributed by atoms with Gasteiger partial charge in [0.1, 0.15) is 23.9 Å². The Kier molecular flexibility index (Phi) is 3.76. The third-order valence-electron chi connectivity index (χ3n) is 1.80. The van der Waals surface area contributed by atoms with Gasteiger partial charge in [-0.1, -0.05) is 6.07 Å². The summed E-state index contributed by atoms with van der Waals surface area (Å²) in [7, 11) is 0. The van der Waals surface area contributed by atoms with Crippen molar-refractivity contribution in [2.75, 3.05) is 5.32 Å². The molecule has 0 saturated carbocycles. The maximum Gasteiger partial charge on any atom is 0.182 e. The zero-order valence-corrected chi connectivity index (χ0v) is 8.33. The van der Waals surface area contributed by atoms with Gasteiger partial charge in [0, 0.05) is 0 Å². The van der Waals surface area contributed by atoms with Crippen molar-refractivity contribution in [3.63, 3.8) is 0 Å². The number of allylic oxidation sites excluding steroid dienone is 2. The molecule has 0 bridgehead atoms. The Bertz CT molecular complexity index is 583. The van der Waals surface area contributed by atoms with E-state index in [1.165, 1.54) is 30.3 Å². The molecule has 0 fully saturated rings. The highest BCUT2D eigenvalue weighted by Gasteiger charge is 2.11. The van der Waals surface area contributed by atoms with Gasteiger partial charge in [0.05, 0.1) is 5.69 Å². The van der Waals surface area contributed by atoms with Crippen LogP contribution in [0.2, 0.25) is 0 Å². The maximum absolute atomic E-state index is 13.2. The highest BCUT2D eigenvalue weighted by Crippen LogP contribution is 2.19. The average molecular weight is 230 g/mol. The molecule has 0 aliphatic carbocycles. The monoisotopic (exact) mass is 230 g/mol. The van der Waals surface area contributed by atoms with E-state index in [4.69, 9.17) is 15.8 Å². The first-order chi connectivity index (χ1) is 8.13. The minimum atomic E-state index is -1.18. The van der Waals surface area contributed by atoms with Crippen molar-refractivity contribution in [2.24, 2.45) is 0 Å². The molecule has 0 heterocycles. The van der Waals surface area contributed by atoms with Crippen LogP contribution in [0.5, 0.6) is 0 Å². The summed E-state index contributed by atoms with van der Waals surface area (Å²) < 4.78 is 26.1. The Labute approximate surface area is 95.6 Å². The molecule has 0 spiro atoms. The summed E-state index contributed by atoms with van der Waals surface area (Å²) in [6.07, 6.45) is 0. The summed E-state index contributed by atoms with van der Waals surface area (Å²) in [5, 5.41) is 28.0. The molecule has 0 amide bonds. The molecule has 82 valence electrons. The minimum absolute atomic E-state index is 0.315. The fourth-order valence-electron chi connectivity index (χ4n) is 1.02. The smallest absolute Gasteiger partial charge is 0.182 e. The van der Waals surface area contributed by atoms with Crippen LogP contribution in [0.4, 0.5) is 14.5 Å². The summed E-state index contributed by atoms with van der Waals surface area (Å²) in [4.78, 5) is 0. The second kappa shape index (κ2) is 5.25. The molecule has 0 radical (unpaired) electrons. The Morgan fingerprint density at radius 3 is 2.24 bits per heavy atom. The predicted octanol–water partition coefficient (Wildman–Crippen LogP) is 2.20. The van der Waals surface area contributed by atoms with Gasteiger partial charge in [-0.15, -0.1) is 0 Å². The van der Waals surface area contributed by atoms with Gasteiger partial charge in [0.15, 0.2) is 17.2 Å². The van der Waals surface area contributed by atoms with Gasteiger partial charge in [0.2, 0.25) is 0 Å². The summed E-state index contributed by atoms with van der Waals surface area (Å²) in [5.41, 5.74) is -1.25. The van der Waals surface area contributed by atoms with Crippen LogP contribution in [0.3, 0.4) is 0 Å². The second-order valence-corrected chi connectivity index (χ2v) is 2.81. The number of anilines is 1. The zero-order chi connectivity index (χ0) is 12.8. The number of nitriles is 3. The van der Waals surface area contributed by atoms with E-state index in [1.54, 1.807) is 0 Å². The van der Waals surface area contributed by atoms with E-state index in [0.717, 1.165) is 6.07 Å². The fraction of sp³-hybridized carbons (Fsp3) is 0. The molecular formula is C11H4F2N4. The van der Waals surface area contributed by atoms with Crippen LogP contribution < -0.4 is 5.32 Å². The van der Waals surface area contributed by atoms with Gasteiger partial charge < -0.3 is 5.32 Å². The van der Waals surface area contributed by atoms with E-state index < -0.39 is 22.9 Å². The third kappa shape index (κ3) is 2.56. The third-order valence-corrected chi connectivity index (χ3v) is 1.80. The van der Waals surface area contributed by atoms with Gasteiger partial charge >= 0.3 is 0 Å². The first kappa shape index (κ1) is 12.2. The van der Waals surface area contributed by atoms with E-state index in [-0.39, 0.29) is 5.69 Å². The lowest BCUT2D eigenvalue weighted by molar-refractivity contribution is 0.511. The van der Waals surface area contributed by atoms with Crippen molar-refractivity contribution in [1.82, 2.24) is 0 Å². The predicted molar refractivity (Wildman–Crippen MR) is 53.8 cm³/mol. The van der Waals surface area contributed by atoms with Gasteiger partial charge in [-0.25, -0.2) is 8.78 Å². The molecule has 0 aliphatic heterocycles. The molecule has 0 aliphatic rings. The number of rotatable bonds is 2. The van der Waals surface area contributed by atoms with Crippen LogP contribution in [-0.4, -0.2) is 0 Å².